The number of anilines is 1. The fraction of sp³-hybridized carbons (Fsp3) is 0.261. The van der Waals surface area contributed by atoms with Gasteiger partial charge in [0, 0.05) is 67.9 Å². The molecule has 1 aliphatic rings. The Balaban J connectivity index is 1.46. The van der Waals surface area contributed by atoms with Gasteiger partial charge in [-0.1, -0.05) is 6.07 Å². The van der Waals surface area contributed by atoms with Gasteiger partial charge in [0.2, 0.25) is 5.91 Å². The molecule has 32 heavy (non-hydrogen) atoms. The van der Waals surface area contributed by atoms with Crippen LogP contribution in [0.25, 0.3) is 17.2 Å². The molecule has 0 radical (unpaired) electrons. The number of aromatic nitrogens is 3. The molecule has 1 aromatic carbocycles. The lowest BCUT2D eigenvalue weighted by Gasteiger charge is -2.19. The standard InChI is InChI=1S/C23H22F3N5O/c1-23(25,26)14-31-12-16-3-5-19(7-17(16)13-31)29-21(32)6-4-15-8-27-10-20(24)22(15)18-9-28-30(2)11-18/h3-11H,12-14H2,1-2H3,(H,29,32)/b6-4+. The number of alkyl halides is 2. The van der Waals surface area contributed by atoms with Crippen LogP contribution in [0, 0.1) is 5.82 Å². The van der Waals surface area contributed by atoms with Crippen molar-refractivity contribution in [3.63, 3.8) is 0 Å². The minimum absolute atomic E-state index is 0.308. The molecule has 0 fully saturated rings. The van der Waals surface area contributed by atoms with Crippen molar-refractivity contribution in [1.29, 1.82) is 0 Å². The number of halogens is 3. The number of pyridine rings is 1. The minimum atomic E-state index is -2.76. The van der Waals surface area contributed by atoms with Crippen molar-refractivity contribution in [2.24, 2.45) is 7.05 Å². The van der Waals surface area contributed by atoms with Gasteiger partial charge < -0.3 is 5.32 Å². The molecule has 1 N–H and O–H groups in total. The molecule has 9 heteroatoms. The van der Waals surface area contributed by atoms with E-state index in [4.69, 9.17) is 0 Å². The Bertz CT molecular complexity index is 1180. The van der Waals surface area contributed by atoms with E-state index in [2.05, 4.69) is 15.4 Å². The van der Waals surface area contributed by atoms with Crippen LogP contribution >= 0.6 is 0 Å². The first-order chi connectivity index (χ1) is 15.2. The normalized spacial score (nSPS) is 14.2. The van der Waals surface area contributed by atoms with Gasteiger partial charge in [-0.3, -0.25) is 19.4 Å². The van der Waals surface area contributed by atoms with Crippen LogP contribution in [0.3, 0.4) is 0 Å². The van der Waals surface area contributed by atoms with Crippen LogP contribution in [-0.2, 0) is 24.9 Å². The van der Waals surface area contributed by atoms with Crippen molar-refractivity contribution in [2.45, 2.75) is 25.9 Å². The number of hydrogen-bond donors (Lipinski definition) is 1. The van der Waals surface area contributed by atoms with Gasteiger partial charge >= 0.3 is 0 Å². The monoisotopic (exact) mass is 441 g/mol. The summed E-state index contributed by atoms with van der Waals surface area (Å²) in [6.45, 7) is 1.45. The first-order valence-corrected chi connectivity index (χ1v) is 10.0. The Morgan fingerprint density at radius 1 is 1.22 bits per heavy atom. The van der Waals surface area contributed by atoms with E-state index in [0.717, 1.165) is 24.2 Å². The topological polar surface area (TPSA) is 63.1 Å². The second-order valence-electron chi connectivity index (χ2n) is 8.01. The summed E-state index contributed by atoms with van der Waals surface area (Å²) in [7, 11) is 1.73. The lowest BCUT2D eigenvalue weighted by molar-refractivity contribution is -0.111. The van der Waals surface area contributed by atoms with E-state index in [1.165, 1.54) is 24.5 Å². The lowest BCUT2D eigenvalue weighted by atomic mass is 10.0. The van der Waals surface area contributed by atoms with Gasteiger partial charge in [0.15, 0.2) is 0 Å². The molecule has 0 atom stereocenters. The highest BCUT2D eigenvalue weighted by Gasteiger charge is 2.29. The van der Waals surface area contributed by atoms with Crippen LogP contribution < -0.4 is 5.32 Å². The number of rotatable bonds is 6. The number of carbonyl (C=O) groups is 1. The Morgan fingerprint density at radius 2 is 2.00 bits per heavy atom. The van der Waals surface area contributed by atoms with Gasteiger partial charge in [0.05, 0.1) is 18.9 Å². The number of amides is 1. The Kier molecular flexibility index (Phi) is 5.84. The van der Waals surface area contributed by atoms with Crippen molar-refractivity contribution in [2.75, 3.05) is 11.9 Å². The van der Waals surface area contributed by atoms with Crippen LogP contribution in [0.5, 0.6) is 0 Å². The number of carbonyl (C=O) groups excluding carboxylic acids is 1. The zero-order valence-corrected chi connectivity index (χ0v) is 17.6. The summed E-state index contributed by atoms with van der Waals surface area (Å²) in [4.78, 5) is 18.0. The smallest absolute Gasteiger partial charge is 0.257 e. The molecule has 1 aliphatic heterocycles. The molecule has 0 spiro atoms. The first-order valence-electron chi connectivity index (χ1n) is 10.0. The fourth-order valence-electron chi connectivity index (χ4n) is 3.83. The van der Waals surface area contributed by atoms with E-state index < -0.39 is 17.6 Å². The maximum atomic E-state index is 14.4. The highest BCUT2D eigenvalue weighted by molar-refractivity contribution is 6.02. The Labute approximate surface area is 183 Å². The molecule has 2 aromatic heterocycles. The molecule has 0 aliphatic carbocycles. The van der Waals surface area contributed by atoms with Gasteiger partial charge in [-0.2, -0.15) is 5.10 Å². The zero-order chi connectivity index (χ0) is 22.9. The molecule has 166 valence electrons. The minimum Gasteiger partial charge on any atom is -0.323 e. The third kappa shape index (κ3) is 5.05. The number of nitrogens with zero attached hydrogens (tertiary/aromatic N) is 4. The predicted molar refractivity (Wildman–Crippen MR) is 115 cm³/mol. The summed E-state index contributed by atoms with van der Waals surface area (Å²) in [5.41, 5.74) is 3.77. The summed E-state index contributed by atoms with van der Waals surface area (Å²) < 4.78 is 42.5. The molecule has 3 aromatic rings. The van der Waals surface area contributed by atoms with Gasteiger partial charge in [-0.05, 0) is 29.3 Å². The van der Waals surface area contributed by atoms with Gasteiger partial charge in [-0.25, -0.2) is 13.2 Å². The number of benzene rings is 1. The van der Waals surface area contributed by atoms with E-state index in [9.17, 15) is 18.0 Å². The van der Waals surface area contributed by atoms with Crippen LogP contribution in [0.4, 0.5) is 18.9 Å². The molecule has 0 saturated heterocycles. The highest BCUT2D eigenvalue weighted by atomic mass is 19.3. The van der Waals surface area contributed by atoms with E-state index in [-0.39, 0.29) is 6.54 Å². The molecule has 3 heterocycles. The number of fused-ring (bicyclic) bond motifs is 1. The van der Waals surface area contributed by atoms with Crippen molar-refractivity contribution in [1.82, 2.24) is 19.7 Å². The van der Waals surface area contributed by atoms with Crippen LogP contribution in [-0.4, -0.2) is 38.0 Å². The van der Waals surface area contributed by atoms with Crippen molar-refractivity contribution < 1.29 is 18.0 Å². The molecule has 0 bridgehead atoms. The van der Waals surface area contributed by atoms with Crippen LogP contribution in [0.2, 0.25) is 0 Å². The number of nitrogens with one attached hydrogen (secondary N) is 1. The second kappa shape index (κ2) is 8.58. The number of aryl methyl sites for hydroxylation is 1. The molecule has 0 saturated carbocycles. The summed E-state index contributed by atoms with van der Waals surface area (Å²) in [5.74, 6) is -3.67. The molecular weight excluding hydrogens is 419 g/mol. The quantitative estimate of drug-likeness (QED) is 0.581. The van der Waals surface area contributed by atoms with E-state index in [1.54, 1.807) is 35.0 Å². The van der Waals surface area contributed by atoms with E-state index in [1.807, 2.05) is 6.07 Å². The summed E-state index contributed by atoms with van der Waals surface area (Å²) in [6.07, 6.45) is 8.60. The van der Waals surface area contributed by atoms with Gasteiger partial charge in [0.1, 0.15) is 5.82 Å². The molecule has 0 unspecified atom stereocenters. The fourth-order valence-corrected chi connectivity index (χ4v) is 3.83. The van der Waals surface area contributed by atoms with Crippen LogP contribution in [0.1, 0.15) is 23.6 Å². The third-order valence-electron chi connectivity index (χ3n) is 5.10. The molecular formula is C23H22F3N5O. The Morgan fingerprint density at radius 3 is 2.72 bits per heavy atom. The van der Waals surface area contributed by atoms with Crippen molar-refractivity contribution >= 4 is 17.7 Å². The Hall–Kier alpha value is -3.46. The van der Waals surface area contributed by atoms with E-state index in [0.29, 0.717) is 35.5 Å². The van der Waals surface area contributed by atoms with Crippen molar-refractivity contribution in [3.05, 3.63) is 71.6 Å². The summed E-state index contributed by atoms with van der Waals surface area (Å²) in [6, 6.07) is 5.36. The van der Waals surface area contributed by atoms with Crippen molar-refractivity contribution in [3.8, 4) is 11.1 Å². The van der Waals surface area contributed by atoms with Gasteiger partial charge in [-0.15, -0.1) is 0 Å². The number of hydrogen-bond acceptors (Lipinski definition) is 4. The SMILES string of the molecule is Cn1cc(-c2c(F)cncc2/C=C/C(=O)Nc2ccc3c(c2)CN(CC(C)(F)F)C3)cn1. The third-order valence-corrected chi connectivity index (χ3v) is 5.10. The van der Waals surface area contributed by atoms with Gasteiger partial charge in [0.25, 0.3) is 5.92 Å². The summed E-state index contributed by atoms with van der Waals surface area (Å²) in [5, 5.41) is 6.82. The predicted octanol–water partition coefficient (Wildman–Crippen LogP) is 4.24. The molecule has 6 nitrogen and oxygen atoms in total. The lowest BCUT2D eigenvalue weighted by Crippen LogP contribution is -2.30. The maximum absolute atomic E-state index is 14.4. The zero-order valence-electron chi connectivity index (χ0n) is 17.6. The molecule has 4 rings (SSSR count). The first kappa shape index (κ1) is 21.8. The maximum Gasteiger partial charge on any atom is 0.257 e. The largest absolute Gasteiger partial charge is 0.323 e. The molecule has 1 amide bonds. The average molecular weight is 441 g/mol. The second-order valence-corrected chi connectivity index (χ2v) is 8.01. The van der Waals surface area contributed by atoms with E-state index >= 15 is 0 Å². The average Bonchev–Trinajstić information content (AvgIpc) is 3.30. The summed E-state index contributed by atoms with van der Waals surface area (Å²) >= 11 is 0. The van der Waals surface area contributed by atoms with Crippen LogP contribution in [0.15, 0.2) is 49.1 Å². The highest BCUT2D eigenvalue weighted by Crippen LogP contribution is 2.29.